The fraction of sp³-hybridized carbons (Fsp3) is 0.235. The highest BCUT2D eigenvalue weighted by Crippen LogP contribution is 2.21. The summed E-state index contributed by atoms with van der Waals surface area (Å²) in [5, 5.41) is 0. The molecule has 8 heteroatoms. The Kier molecular flexibility index (Phi) is 6.86. The Labute approximate surface area is 152 Å². The normalized spacial score (nSPS) is 11.1. The summed E-state index contributed by atoms with van der Waals surface area (Å²) in [6.45, 7) is 4.30. The highest BCUT2D eigenvalue weighted by molar-refractivity contribution is 8.00. The van der Waals surface area contributed by atoms with Crippen molar-refractivity contribution in [3.8, 4) is 5.75 Å². The first-order chi connectivity index (χ1) is 11.9. The maximum absolute atomic E-state index is 12.2. The van der Waals surface area contributed by atoms with Crippen molar-refractivity contribution in [2.24, 2.45) is 0 Å². The van der Waals surface area contributed by atoms with Crippen LogP contribution in [0.25, 0.3) is 0 Å². The Bertz CT molecular complexity index is 821. The number of benzene rings is 2. The van der Waals surface area contributed by atoms with Crippen LogP contribution >= 0.6 is 11.8 Å². The van der Waals surface area contributed by atoms with Crippen molar-refractivity contribution < 1.29 is 17.9 Å². The Hall–Kier alpha value is -2.03. The van der Waals surface area contributed by atoms with E-state index in [4.69, 9.17) is 4.74 Å². The van der Waals surface area contributed by atoms with Gasteiger partial charge >= 0.3 is 0 Å². The summed E-state index contributed by atoms with van der Waals surface area (Å²) in [6, 6.07) is 13.6. The molecule has 0 aromatic heterocycles. The zero-order valence-corrected chi connectivity index (χ0v) is 15.6. The minimum Gasteiger partial charge on any atom is -0.494 e. The highest BCUT2D eigenvalue weighted by Gasteiger charge is 2.15. The van der Waals surface area contributed by atoms with Crippen molar-refractivity contribution in [2.45, 2.75) is 23.6 Å². The van der Waals surface area contributed by atoms with Gasteiger partial charge in [0.1, 0.15) is 5.75 Å². The van der Waals surface area contributed by atoms with Gasteiger partial charge in [0.05, 0.1) is 17.3 Å². The Balaban J connectivity index is 1.88. The maximum atomic E-state index is 12.2. The molecule has 0 radical (unpaired) electrons. The smallest absolute Gasteiger partial charge is 0.257 e. The van der Waals surface area contributed by atoms with Crippen LogP contribution in [0.2, 0.25) is 0 Å². The van der Waals surface area contributed by atoms with Crippen LogP contribution in [-0.2, 0) is 14.8 Å². The molecule has 2 aromatic rings. The lowest BCUT2D eigenvalue weighted by molar-refractivity contribution is -0.119. The molecule has 0 aliphatic heterocycles. The molecule has 6 nitrogen and oxygen atoms in total. The van der Waals surface area contributed by atoms with Crippen LogP contribution in [0.15, 0.2) is 58.3 Å². The molecule has 0 atom stereocenters. The second-order valence-electron chi connectivity index (χ2n) is 5.11. The van der Waals surface area contributed by atoms with Crippen LogP contribution in [0.4, 0.5) is 0 Å². The van der Waals surface area contributed by atoms with Gasteiger partial charge in [-0.3, -0.25) is 10.2 Å². The van der Waals surface area contributed by atoms with Gasteiger partial charge in [0.15, 0.2) is 0 Å². The molecule has 2 aromatic carbocycles. The van der Waals surface area contributed by atoms with Crippen molar-refractivity contribution >= 4 is 27.7 Å². The molecule has 0 heterocycles. The number of ether oxygens (including phenoxy) is 1. The van der Waals surface area contributed by atoms with Crippen LogP contribution in [0.5, 0.6) is 5.75 Å². The molecular formula is C17H20N2O4S2. The minimum absolute atomic E-state index is 0.0443. The number of amides is 1. The largest absolute Gasteiger partial charge is 0.494 e. The fourth-order valence-electron chi connectivity index (χ4n) is 1.96. The molecule has 0 aliphatic carbocycles. The molecule has 0 bridgehead atoms. The molecule has 2 rings (SSSR count). The first-order valence-electron chi connectivity index (χ1n) is 7.64. The third kappa shape index (κ3) is 5.77. The van der Waals surface area contributed by atoms with Gasteiger partial charge in [-0.1, -0.05) is 18.2 Å². The minimum atomic E-state index is -3.82. The van der Waals surface area contributed by atoms with E-state index in [1.54, 1.807) is 12.1 Å². The summed E-state index contributed by atoms with van der Waals surface area (Å²) in [5.74, 6) is 0.263. The number of hydrogen-bond donors (Lipinski definition) is 2. The van der Waals surface area contributed by atoms with E-state index in [0.717, 1.165) is 10.5 Å². The summed E-state index contributed by atoms with van der Waals surface area (Å²) >= 11 is 1.35. The van der Waals surface area contributed by atoms with Crippen LogP contribution in [0.1, 0.15) is 12.5 Å². The molecule has 2 N–H and O–H groups in total. The van der Waals surface area contributed by atoms with E-state index in [2.05, 4.69) is 10.3 Å². The molecule has 0 fully saturated rings. The molecule has 0 spiro atoms. The van der Waals surface area contributed by atoms with Gasteiger partial charge in [-0.05, 0) is 49.7 Å². The molecule has 25 heavy (non-hydrogen) atoms. The zero-order valence-electron chi connectivity index (χ0n) is 14.0. The molecule has 0 saturated carbocycles. The van der Waals surface area contributed by atoms with Crippen molar-refractivity contribution in [1.29, 1.82) is 0 Å². The predicted molar refractivity (Wildman–Crippen MR) is 98.0 cm³/mol. The number of aryl methyl sites for hydroxylation is 1. The van der Waals surface area contributed by atoms with Gasteiger partial charge in [0.25, 0.3) is 10.0 Å². The van der Waals surface area contributed by atoms with Crippen LogP contribution in [0.3, 0.4) is 0 Å². The first kappa shape index (κ1) is 19.3. The first-order valence-corrected chi connectivity index (χ1v) is 10.1. The number of nitrogens with one attached hydrogen (secondary N) is 2. The van der Waals surface area contributed by atoms with E-state index in [9.17, 15) is 13.2 Å². The lowest BCUT2D eigenvalue weighted by atomic mass is 10.2. The number of carbonyl (C=O) groups excluding carboxylic acids is 1. The van der Waals surface area contributed by atoms with Crippen LogP contribution in [-0.4, -0.2) is 26.7 Å². The van der Waals surface area contributed by atoms with Gasteiger partial charge in [0.2, 0.25) is 5.91 Å². The third-order valence-electron chi connectivity index (χ3n) is 3.22. The zero-order chi connectivity index (χ0) is 18.3. The molecule has 134 valence electrons. The van der Waals surface area contributed by atoms with Gasteiger partial charge < -0.3 is 4.74 Å². The fourth-order valence-corrected chi connectivity index (χ4v) is 3.65. The maximum Gasteiger partial charge on any atom is 0.257 e. The lowest BCUT2D eigenvalue weighted by Gasteiger charge is -2.10. The van der Waals surface area contributed by atoms with Crippen molar-refractivity contribution in [2.75, 3.05) is 12.4 Å². The number of sulfonamides is 1. The number of rotatable bonds is 8. The summed E-state index contributed by atoms with van der Waals surface area (Å²) in [4.78, 5) is 15.0. The van der Waals surface area contributed by atoms with Crippen molar-refractivity contribution in [3.05, 3.63) is 54.1 Å². The van der Waals surface area contributed by atoms with E-state index >= 15 is 0 Å². The molecule has 0 unspecified atom stereocenters. The van der Waals surface area contributed by atoms with E-state index in [1.807, 2.05) is 38.1 Å². The van der Waals surface area contributed by atoms with Gasteiger partial charge in [0, 0.05) is 4.90 Å². The standard InChI is InChI=1S/C17H20N2O4S2/c1-3-23-14-8-10-15(11-9-14)25(21,22)19-18-17(20)12-24-16-7-5-4-6-13(16)2/h4-11,19H,3,12H2,1-2H3,(H,18,20). The number of hydrogen-bond acceptors (Lipinski definition) is 5. The SMILES string of the molecule is CCOc1ccc(S(=O)(=O)NNC(=O)CSc2ccccc2C)cc1. The Morgan fingerprint density at radius 1 is 1.12 bits per heavy atom. The van der Waals surface area contributed by atoms with E-state index in [0.29, 0.717) is 12.4 Å². The van der Waals surface area contributed by atoms with E-state index in [1.165, 1.54) is 23.9 Å². The number of thioether (sulfide) groups is 1. The average Bonchev–Trinajstić information content (AvgIpc) is 2.60. The summed E-state index contributed by atoms with van der Waals surface area (Å²) in [6.07, 6.45) is 0. The van der Waals surface area contributed by atoms with Crippen molar-refractivity contribution in [3.63, 3.8) is 0 Å². The van der Waals surface area contributed by atoms with Gasteiger partial charge in [-0.2, -0.15) is 0 Å². The monoisotopic (exact) mass is 380 g/mol. The molecule has 0 saturated heterocycles. The summed E-state index contributed by atoms with van der Waals surface area (Å²) < 4.78 is 29.6. The predicted octanol–water partition coefficient (Wildman–Crippen LogP) is 2.50. The van der Waals surface area contributed by atoms with Crippen LogP contribution < -0.4 is 15.0 Å². The number of hydrazine groups is 1. The van der Waals surface area contributed by atoms with Crippen LogP contribution in [0, 0.1) is 6.92 Å². The summed E-state index contributed by atoms with van der Waals surface area (Å²) in [7, 11) is -3.82. The average molecular weight is 380 g/mol. The van der Waals surface area contributed by atoms with E-state index < -0.39 is 15.9 Å². The molecule has 0 aliphatic rings. The van der Waals surface area contributed by atoms with Crippen molar-refractivity contribution in [1.82, 2.24) is 10.3 Å². The Morgan fingerprint density at radius 2 is 1.80 bits per heavy atom. The second kappa shape index (κ2) is 8.89. The third-order valence-corrected chi connectivity index (χ3v) is 5.66. The van der Waals surface area contributed by atoms with E-state index in [-0.39, 0.29) is 10.6 Å². The highest BCUT2D eigenvalue weighted by atomic mass is 32.2. The quantitative estimate of drug-likeness (QED) is 0.543. The number of carbonyl (C=O) groups is 1. The topological polar surface area (TPSA) is 84.5 Å². The van der Waals surface area contributed by atoms with Gasteiger partial charge in [-0.15, -0.1) is 16.6 Å². The Morgan fingerprint density at radius 3 is 2.44 bits per heavy atom. The molecular weight excluding hydrogens is 360 g/mol. The second-order valence-corrected chi connectivity index (χ2v) is 7.81. The summed E-state index contributed by atoms with van der Waals surface area (Å²) in [5.41, 5.74) is 3.29. The lowest BCUT2D eigenvalue weighted by Crippen LogP contribution is -2.42. The van der Waals surface area contributed by atoms with Gasteiger partial charge in [-0.25, -0.2) is 8.42 Å². The molecule has 1 amide bonds.